The molecule has 0 aliphatic heterocycles. The molecule has 5 heteroatoms. The number of nitrogens with zero attached hydrogens (tertiary/aromatic N) is 1. The van der Waals surface area contributed by atoms with Gasteiger partial charge in [-0.3, -0.25) is 9.69 Å². The maximum atomic E-state index is 13.2. The Morgan fingerprint density at radius 3 is 2.44 bits per heavy atom. The number of rotatable bonds is 9. The van der Waals surface area contributed by atoms with E-state index in [9.17, 15) is 9.18 Å². The van der Waals surface area contributed by atoms with Crippen LogP contribution >= 0.6 is 0 Å². The molecule has 0 bridgehead atoms. The molecule has 2 aromatic rings. The van der Waals surface area contributed by atoms with E-state index in [0.717, 1.165) is 11.3 Å². The Balaban J connectivity index is 2.01. The molecule has 0 aliphatic rings. The van der Waals surface area contributed by atoms with Crippen molar-refractivity contribution in [2.24, 2.45) is 0 Å². The molecule has 0 radical (unpaired) electrons. The zero-order valence-corrected chi connectivity index (χ0v) is 14.7. The number of esters is 1. The second-order valence-electron chi connectivity index (χ2n) is 5.80. The van der Waals surface area contributed by atoms with Gasteiger partial charge < -0.3 is 9.47 Å². The van der Waals surface area contributed by atoms with Crippen LogP contribution in [0.5, 0.6) is 5.75 Å². The highest BCUT2D eigenvalue weighted by molar-refractivity contribution is 5.71. The fourth-order valence-electron chi connectivity index (χ4n) is 2.48. The first kappa shape index (κ1) is 18.9. The Morgan fingerprint density at radius 1 is 1.12 bits per heavy atom. The lowest BCUT2D eigenvalue weighted by Gasteiger charge is -2.23. The van der Waals surface area contributed by atoms with Gasteiger partial charge in [0.2, 0.25) is 0 Å². The summed E-state index contributed by atoms with van der Waals surface area (Å²) in [6.07, 6.45) is 0.434. The molecule has 0 aliphatic carbocycles. The van der Waals surface area contributed by atoms with E-state index in [1.54, 1.807) is 19.1 Å². The second-order valence-corrected chi connectivity index (χ2v) is 5.80. The number of halogens is 1. The van der Waals surface area contributed by atoms with Gasteiger partial charge >= 0.3 is 5.97 Å². The number of hydrogen-bond acceptors (Lipinski definition) is 4. The molecule has 25 heavy (non-hydrogen) atoms. The summed E-state index contributed by atoms with van der Waals surface area (Å²) in [5.41, 5.74) is 0.898. The molecule has 0 N–H and O–H groups in total. The molecule has 4 nitrogen and oxygen atoms in total. The quantitative estimate of drug-likeness (QED) is 0.648. The van der Waals surface area contributed by atoms with Crippen LogP contribution in [-0.4, -0.2) is 37.6 Å². The summed E-state index contributed by atoms with van der Waals surface area (Å²) < 4.78 is 24.2. The molecule has 2 aromatic carbocycles. The molecule has 0 fully saturated rings. The molecule has 2 rings (SSSR count). The SMILES string of the molecule is CCOC(=O)CN(C)CCC(Oc1ccccc1)c1ccc(F)cc1. The van der Waals surface area contributed by atoms with Crippen LogP contribution in [0, 0.1) is 5.82 Å². The van der Waals surface area contributed by atoms with Crippen molar-refractivity contribution >= 4 is 5.97 Å². The standard InChI is InChI=1S/C20H24FNO3/c1-3-24-20(23)15-22(2)14-13-19(16-9-11-17(21)12-10-16)25-18-7-5-4-6-8-18/h4-12,19H,3,13-15H2,1-2H3. The van der Waals surface area contributed by atoms with Crippen molar-refractivity contribution < 1.29 is 18.7 Å². The van der Waals surface area contributed by atoms with Crippen LogP contribution in [0.4, 0.5) is 4.39 Å². The van der Waals surface area contributed by atoms with Gasteiger partial charge in [-0.25, -0.2) is 4.39 Å². The Kier molecular flexibility index (Phi) is 7.41. The van der Waals surface area contributed by atoms with Gasteiger partial charge in [0.15, 0.2) is 0 Å². The van der Waals surface area contributed by atoms with Gasteiger partial charge in [0.1, 0.15) is 17.7 Å². The predicted octanol–water partition coefficient (Wildman–Crippen LogP) is 3.83. The van der Waals surface area contributed by atoms with Crippen LogP contribution < -0.4 is 4.74 Å². The molecule has 0 aromatic heterocycles. The molecular formula is C20H24FNO3. The maximum Gasteiger partial charge on any atom is 0.320 e. The fraction of sp³-hybridized carbons (Fsp3) is 0.350. The number of carbonyl (C=O) groups excluding carboxylic acids is 1. The zero-order chi connectivity index (χ0) is 18.1. The highest BCUT2D eigenvalue weighted by Crippen LogP contribution is 2.25. The average Bonchev–Trinajstić information content (AvgIpc) is 2.60. The lowest BCUT2D eigenvalue weighted by molar-refractivity contribution is -0.144. The summed E-state index contributed by atoms with van der Waals surface area (Å²) in [6, 6.07) is 15.8. The third-order valence-electron chi connectivity index (χ3n) is 3.74. The highest BCUT2D eigenvalue weighted by Gasteiger charge is 2.16. The van der Waals surface area contributed by atoms with E-state index < -0.39 is 0 Å². The monoisotopic (exact) mass is 345 g/mol. The molecule has 1 unspecified atom stereocenters. The number of hydrogen-bond donors (Lipinski definition) is 0. The van der Waals surface area contributed by atoms with E-state index in [2.05, 4.69) is 0 Å². The van der Waals surface area contributed by atoms with Crippen molar-refractivity contribution in [2.45, 2.75) is 19.4 Å². The number of carbonyl (C=O) groups is 1. The molecule has 0 saturated heterocycles. The lowest BCUT2D eigenvalue weighted by Crippen LogP contribution is -2.29. The molecule has 1 atom stereocenters. The van der Waals surface area contributed by atoms with E-state index in [-0.39, 0.29) is 24.4 Å². The third-order valence-corrected chi connectivity index (χ3v) is 3.74. The van der Waals surface area contributed by atoms with Gasteiger partial charge in [0, 0.05) is 13.0 Å². The van der Waals surface area contributed by atoms with Gasteiger partial charge in [-0.05, 0) is 43.8 Å². The van der Waals surface area contributed by atoms with Gasteiger partial charge in [0.25, 0.3) is 0 Å². The molecule has 134 valence electrons. The summed E-state index contributed by atoms with van der Waals surface area (Å²) >= 11 is 0. The summed E-state index contributed by atoms with van der Waals surface area (Å²) in [4.78, 5) is 13.5. The minimum absolute atomic E-state index is 0.229. The fourth-order valence-corrected chi connectivity index (χ4v) is 2.48. The first-order chi connectivity index (χ1) is 12.1. The van der Waals surface area contributed by atoms with Crippen molar-refractivity contribution in [3.05, 3.63) is 66.0 Å². The smallest absolute Gasteiger partial charge is 0.320 e. The van der Waals surface area contributed by atoms with E-state index in [1.165, 1.54) is 12.1 Å². The van der Waals surface area contributed by atoms with Crippen molar-refractivity contribution in [1.82, 2.24) is 4.90 Å². The van der Waals surface area contributed by atoms with Gasteiger partial charge in [-0.2, -0.15) is 0 Å². The minimum atomic E-state index is -0.276. The normalized spacial score (nSPS) is 12.0. The largest absolute Gasteiger partial charge is 0.486 e. The van der Waals surface area contributed by atoms with Crippen LogP contribution in [0.1, 0.15) is 25.0 Å². The van der Waals surface area contributed by atoms with Gasteiger partial charge in [-0.15, -0.1) is 0 Å². The molecule has 0 heterocycles. The van der Waals surface area contributed by atoms with Crippen LogP contribution in [-0.2, 0) is 9.53 Å². The Hall–Kier alpha value is -2.40. The van der Waals surface area contributed by atoms with E-state index >= 15 is 0 Å². The topological polar surface area (TPSA) is 38.8 Å². The van der Waals surface area contributed by atoms with Crippen molar-refractivity contribution in [2.75, 3.05) is 26.7 Å². The Morgan fingerprint density at radius 2 is 1.80 bits per heavy atom. The van der Waals surface area contributed by atoms with Crippen LogP contribution in [0.2, 0.25) is 0 Å². The van der Waals surface area contributed by atoms with E-state index in [0.29, 0.717) is 19.6 Å². The third kappa shape index (κ3) is 6.55. The predicted molar refractivity (Wildman–Crippen MR) is 95.0 cm³/mol. The van der Waals surface area contributed by atoms with Gasteiger partial charge in [0.05, 0.1) is 13.2 Å². The average molecular weight is 345 g/mol. The summed E-state index contributed by atoms with van der Waals surface area (Å²) in [5.74, 6) is 0.235. The Labute approximate surface area is 148 Å². The van der Waals surface area contributed by atoms with E-state index in [1.807, 2.05) is 42.3 Å². The van der Waals surface area contributed by atoms with Crippen molar-refractivity contribution in [1.29, 1.82) is 0 Å². The molecular weight excluding hydrogens is 321 g/mol. The zero-order valence-electron chi connectivity index (χ0n) is 14.7. The van der Waals surface area contributed by atoms with Crippen LogP contribution in [0.25, 0.3) is 0 Å². The number of likely N-dealkylation sites (N-methyl/N-ethyl adjacent to an activating group) is 1. The Bertz CT molecular complexity index is 646. The highest BCUT2D eigenvalue weighted by atomic mass is 19.1. The summed E-state index contributed by atoms with van der Waals surface area (Å²) in [5, 5.41) is 0. The summed E-state index contributed by atoms with van der Waals surface area (Å²) in [7, 11) is 1.86. The van der Waals surface area contributed by atoms with Crippen LogP contribution in [0.3, 0.4) is 0 Å². The van der Waals surface area contributed by atoms with Crippen molar-refractivity contribution in [3.8, 4) is 5.75 Å². The summed E-state index contributed by atoms with van der Waals surface area (Å²) in [6.45, 7) is 3.04. The van der Waals surface area contributed by atoms with Gasteiger partial charge in [-0.1, -0.05) is 30.3 Å². The first-order valence-corrected chi connectivity index (χ1v) is 8.40. The number of ether oxygens (including phenoxy) is 2. The first-order valence-electron chi connectivity index (χ1n) is 8.40. The molecule has 0 saturated carbocycles. The molecule has 0 spiro atoms. The van der Waals surface area contributed by atoms with Crippen LogP contribution in [0.15, 0.2) is 54.6 Å². The minimum Gasteiger partial charge on any atom is -0.486 e. The molecule has 0 amide bonds. The number of benzene rings is 2. The maximum absolute atomic E-state index is 13.2. The van der Waals surface area contributed by atoms with E-state index in [4.69, 9.17) is 9.47 Å². The lowest BCUT2D eigenvalue weighted by atomic mass is 10.1. The van der Waals surface area contributed by atoms with Crippen molar-refractivity contribution in [3.63, 3.8) is 0 Å². The number of para-hydroxylation sites is 1. The second kappa shape index (κ2) is 9.79.